The van der Waals surface area contributed by atoms with Crippen molar-refractivity contribution in [2.75, 3.05) is 0 Å². The van der Waals surface area contributed by atoms with Crippen LogP contribution in [0.25, 0.3) is 0 Å². The van der Waals surface area contributed by atoms with Gasteiger partial charge in [-0.15, -0.1) is 0 Å². The zero-order chi connectivity index (χ0) is 13.2. The second-order valence-corrected chi connectivity index (χ2v) is 5.71. The van der Waals surface area contributed by atoms with Crippen molar-refractivity contribution in [2.45, 2.75) is 90.3 Å². The van der Waals surface area contributed by atoms with Crippen LogP contribution in [0.4, 0.5) is 0 Å². The largest absolute Gasteiger partial charge is 0.374 e. The Labute approximate surface area is 113 Å². The molecule has 0 amide bonds. The van der Waals surface area contributed by atoms with Gasteiger partial charge in [-0.2, -0.15) is 5.26 Å². The number of unbranched alkanes of at least 4 members (excludes halogenated alkanes) is 3. The Kier molecular flexibility index (Phi) is 8.09. The highest BCUT2D eigenvalue weighted by atomic mass is 16.5. The Hall–Kier alpha value is -0.550. The van der Waals surface area contributed by atoms with Gasteiger partial charge >= 0.3 is 0 Å². The van der Waals surface area contributed by atoms with Gasteiger partial charge in [-0.3, -0.25) is 0 Å². The monoisotopic (exact) mass is 251 g/mol. The van der Waals surface area contributed by atoms with Gasteiger partial charge in [0, 0.05) is 0 Å². The van der Waals surface area contributed by atoms with Crippen molar-refractivity contribution < 1.29 is 4.74 Å². The predicted octanol–water partition coefficient (Wildman–Crippen LogP) is 4.83. The van der Waals surface area contributed by atoms with Crippen molar-refractivity contribution in [3.63, 3.8) is 0 Å². The maximum atomic E-state index is 9.22. The number of hydrogen-bond donors (Lipinski definition) is 0. The highest BCUT2D eigenvalue weighted by Gasteiger charge is 2.25. The lowest BCUT2D eigenvalue weighted by molar-refractivity contribution is -0.0301. The van der Waals surface area contributed by atoms with Crippen molar-refractivity contribution in [3.8, 4) is 6.07 Å². The summed E-state index contributed by atoms with van der Waals surface area (Å²) in [5.74, 6) is 0.130. The van der Waals surface area contributed by atoms with E-state index in [-0.39, 0.29) is 12.0 Å². The summed E-state index contributed by atoms with van der Waals surface area (Å²) in [7, 11) is 0. The molecule has 1 aliphatic rings. The summed E-state index contributed by atoms with van der Waals surface area (Å²) >= 11 is 0. The Morgan fingerprint density at radius 3 is 2.67 bits per heavy atom. The van der Waals surface area contributed by atoms with Crippen LogP contribution in [0.5, 0.6) is 0 Å². The minimum atomic E-state index is 0.130. The van der Waals surface area contributed by atoms with E-state index in [1.54, 1.807) is 0 Å². The number of nitriles is 1. The average Bonchev–Trinajstić information content (AvgIpc) is 2.59. The molecule has 0 aromatic rings. The molecule has 0 aromatic heterocycles. The molecule has 104 valence electrons. The molecule has 1 rings (SSSR count). The highest BCUT2D eigenvalue weighted by Crippen LogP contribution is 2.27. The molecule has 3 unspecified atom stereocenters. The summed E-state index contributed by atoms with van der Waals surface area (Å²) in [5, 5.41) is 9.22. The lowest BCUT2D eigenvalue weighted by Crippen LogP contribution is -2.26. The van der Waals surface area contributed by atoms with E-state index in [0.29, 0.717) is 6.10 Å². The Balaban J connectivity index is 2.27. The van der Waals surface area contributed by atoms with Gasteiger partial charge in [0.1, 0.15) is 0 Å². The van der Waals surface area contributed by atoms with Crippen molar-refractivity contribution in [1.29, 1.82) is 5.26 Å². The van der Waals surface area contributed by atoms with Gasteiger partial charge in [0.05, 0.1) is 24.2 Å². The molecular weight excluding hydrogens is 222 g/mol. The van der Waals surface area contributed by atoms with Crippen LogP contribution in [-0.2, 0) is 4.74 Å². The van der Waals surface area contributed by atoms with E-state index in [1.807, 2.05) is 0 Å². The molecule has 1 saturated carbocycles. The van der Waals surface area contributed by atoms with Gasteiger partial charge in [-0.25, -0.2) is 0 Å². The topological polar surface area (TPSA) is 33.0 Å². The molecule has 2 heteroatoms. The summed E-state index contributed by atoms with van der Waals surface area (Å²) < 4.78 is 6.13. The molecule has 18 heavy (non-hydrogen) atoms. The van der Waals surface area contributed by atoms with E-state index in [9.17, 15) is 5.26 Å². The first-order valence-corrected chi connectivity index (χ1v) is 7.83. The van der Waals surface area contributed by atoms with Crippen LogP contribution < -0.4 is 0 Å². The smallest absolute Gasteiger partial charge is 0.0736 e. The van der Waals surface area contributed by atoms with Crippen molar-refractivity contribution in [2.24, 2.45) is 5.92 Å². The van der Waals surface area contributed by atoms with Crippen LogP contribution in [0.15, 0.2) is 0 Å². The first-order chi connectivity index (χ1) is 8.77. The van der Waals surface area contributed by atoms with Gasteiger partial charge in [0.25, 0.3) is 0 Å². The minimum Gasteiger partial charge on any atom is -0.374 e. The zero-order valence-corrected chi connectivity index (χ0v) is 12.2. The van der Waals surface area contributed by atoms with Crippen LogP contribution in [-0.4, -0.2) is 12.2 Å². The van der Waals surface area contributed by atoms with Crippen LogP contribution >= 0.6 is 0 Å². The highest BCUT2D eigenvalue weighted by molar-refractivity contribution is 4.90. The van der Waals surface area contributed by atoms with Gasteiger partial charge in [0.15, 0.2) is 0 Å². The standard InChI is InChI=1S/C16H29NO/c1-3-4-5-7-10-14(2)18-16-12-9-6-8-11-15(16)13-17/h14-16H,3-12H2,1-2H3. The summed E-state index contributed by atoms with van der Waals surface area (Å²) in [6.07, 6.45) is 12.7. The lowest BCUT2D eigenvalue weighted by Gasteiger charge is -2.24. The Morgan fingerprint density at radius 2 is 1.94 bits per heavy atom. The molecule has 3 atom stereocenters. The molecule has 0 aliphatic heterocycles. The molecule has 1 aliphatic carbocycles. The van der Waals surface area contributed by atoms with Crippen molar-refractivity contribution in [1.82, 2.24) is 0 Å². The third-order valence-corrected chi connectivity index (χ3v) is 3.99. The maximum absolute atomic E-state index is 9.22. The van der Waals surface area contributed by atoms with Gasteiger partial charge in [0.2, 0.25) is 0 Å². The lowest BCUT2D eigenvalue weighted by atomic mass is 9.98. The van der Waals surface area contributed by atoms with E-state index in [0.717, 1.165) is 19.3 Å². The molecule has 0 bridgehead atoms. The number of rotatable bonds is 7. The molecule has 0 aromatic carbocycles. The van der Waals surface area contributed by atoms with Crippen LogP contribution in [0.1, 0.15) is 78.1 Å². The van der Waals surface area contributed by atoms with E-state index in [2.05, 4.69) is 19.9 Å². The fraction of sp³-hybridized carbons (Fsp3) is 0.938. The van der Waals surface area contributed by atoms with Crippen molar-refractivity contribution >= 4 is 0 Å². The fourth-order valence-corrected chi connectivity index (χ4v) is 2.81. The van der Waals surface area contributed by atoms with E-state index >= 15 is 0 Å². The number of nitrogens with zero attached hydrogens (tertiary/aromatic N) is 1. The second-order valence-electron chi connectivity index (χ2n) is 5.71. The third kappa shape index (κ3) is 5.87. The molecule has 0 saturated heterocycles. The Bertz CT molecular complexity index is 246. The number of ether oxygens (including phenoxy) is 1. The molecule has 0 N–H and O–H groups in total. The molecule has 0 radical (unpaired) electrons. The molecule has 1 fully saturated rings. The summed E-state index contributed by atoms with van der Waals surface area (Å²) in [6.45, 7) is 4.41. The van der Waals surface area contributed by atoms with E-state index < -0.39 is 0 Å². The molecule has 0 heterocycles. The first-order valence-electron chi connectivity index (χ1n) is 7.83. The normalized spacial score (nSPS) is 26.3. The fourth-order valence-electron chi connectivity index (χ4n) is 2.81. The van der Waals surface area contributed by atoms with E-state index in [4.69, 9.17) is 4.74 Å². The Morgan fingerprint density at radius 1 is 1.17 bits per heavy atom. The third-order valence-electron chi connectivity index (χ3n) is 3.99. The first kappa shape index (κ1) is 15.5. The van der Waals surface area contributed by atoms with Gasteiger partial charge in [-0.05, 0) is 26.2 Å². The predicted molar refractivity (Wildman–Crippen MR) is 75.3 cm³/mol. The summed E-state index contributed by atoms with van der Waals surface area (Å²) in [6, 6.07) is 2.45. The maximum Gasteiger partial charge on any atom is 0.0736 e. The SMILES string of the molecule is CCCCCCC(C)OC1CCCCCC1C#N. The molecule has 2 nitrogen and oxygen atoms in total. The summed E-state index contributed by atoms with van der Waals surface area (Å²) in [4.78, 5) is 0. The minimum absolute atomic E-state index is 0.130. The quantitative estimate of drug-likeness (QED) is 0.479. The summed E-state index contributed by atoms with van der Waals surface area (Å²) in [5.41, 5.74) is 0. The number of hydrogen-bond acceptors (Lipinski definition) is 2. The molecule has 0 spiro atoms. The van der Waals surface area contributed by atoms with Gasteiger partial charge < -0.3 is 4.74 Å². The van der Waals surface area contributed by atoms with Crippen LogP contribution in [0.3, 0.4) is 0 Å². The van der Waals surface area contributed by atoms with Crippen LogP contribution in [0.2, 0.25) is 0 Å². The van der Waals surface area contributed by atoms with Crippen molar-refractivity contribution in [3.05, 3.63) is 0 Å². The van der Waals surface area contributed by atoms with Gasteiger partial charge in [-0.1, -0.05) is 51.9 Å². The van der Waals surface area contributed by atoms with E-state index in [1.165, 1.54) is 44.9 Å². The van der Waals surface area contributed by atoms with Crippen LogP contribution in [0, 0.1) is 17.2 Å². The zero-order valence-electron chi connectivity index (χ0n) is 12.2. The molecular formula is C16H29NO. The second kappa shape index (κ2) is 9.39. The average molecular weight is 251 g/mol.